The minimum atomic E-state index is -0.366. The van der Waals surface area contributed by atoms with E-state index < -0.39 is 0 Å². The maximum atomic E-state index is 14.3. The van der Waals surface area contributed by atoms with E-state index in [0.717, 1.165) is 23.1 Å². The largest absolute Gasteiger partial charge is 0.376 e. The van der Waals surface area contributed by atoms with Crippen molar-refractivity contribution in [3.8, 4) is 0 Å². The van der Waals surface area contributed by atoms with Crippen molar-refractivity contribution in [2.75, 3.05) is 6.61 Å². The summed E-state index contributed by atoms with van der Waals surface area (Å²) >= 11 is 8.85. The van der Waals surface area contributed by atoms with Crippen LogP contribution >= 0.6 is 34.7 Å². The molecule has 30 heavy (non-hydrogen) atoms. The van der Waals surface area contributed by atoms with Crippen LogP contribution in [0, 0.1) is 5.82 Å². The lowest BCUT2D eigenvalue weighted by molar-refractivity contribution is 0.0938. The lowest BCUT2D eigenvalue weighted by atomic mass is 10.2. The minimum absolute atomic E-state index is 0.0224. The Kier molecular flexibility index (Phi) is 5.49. The van der Waals surface area contributed by atoms with E-state index in [1.807, 2.05) is 12.1 Å². The zero-order valence-corrected chi connectivity index (χ0v) is 18.2. The quantitative estimate of drug-likeness (QED) is 0.299. The molecule has 0 saturated carbocycles. The second-order valence-electron chi connectivity index (χ2n) is 7.07. The lowest BCUT2D eigenvalue weighted by Gasteiger charge is -2.16. The van der Waals surface area contributed by atoms with E-state index in [-0.39, 0.29) is 23.2 Å². The van der Waals surface area contributed by atoms with E-state index in [1.54, 1.807) is 22.9 Å². The summed E-state index contributed by atoms with van der Waals surface area (Å²) in [5.41, 5.74) is 0.929. The average molecular weight is 462 g/mol. The predicted molar refractivity (Wildman–Crippen MR) is 119 cm³/mol. The first-order chi connectivity index (χ1) is 14.6. The van der Waals surface area contributed by atoms with Gasteiger partial charge in [-0.3, -0.25) is 9.36 Å². The number of thioether (sulfide) groups is 1. The van der Waals surface area contributed by atoms with Crippen LogP contribution in [0.4, 0.5) is 4.39 Å². The van der Waals surface area contributed by atoms with Crippen LogP contribution in [0.3, 0.4) is 0 Å². The number of benzene rings is 1. The molecule has 1 fully saturated rings. The Labute approximate surface area is 184 Å². The molecule has 4 heterocycles. The van der Waals surface area contributed by atoms with Crippen LogP contribution < -0.4 is 5.56 Å². The highest BCUT2D eigenvalue weighted by atomic mass is 35.5. The number of aromatic nitrogens is 3. The summed E-state index contributed by atoms with van der Waals surface area (Å²) < 4.78 is 22.2. The number of thiophene rings is 1. The molecule has 1 atom stereocenters. The molecule has 3 aromatic heterocycles. The number of fused-ring (bicyclic) bond motifs is 3. The first kappa shape index (κ1) is 19.9. The van der Waals surface area contributed by atoms with Gasteiger partial charge in [0.1, 0.15) is 15.3 Å². The van der Waals surface area contributed by atoms with Crippen LogP contribution in [0.15, 0.2) is 46.5 Å². The van der Waals surface area contributed by atoms with E-state index in [4.69, 9.17) is 21.3 Å². The van der Waals surface area contributed by atoms with Gasteiger partial charge in [0.2, 0.25) is 0 Å². The van der Waals surface area contributed by atoms with Gasteiger partial charge in [-0.2, -0.15) is 0 Å². The van der Waals surface area contributed by atoms with Gasteiger partial charge in [-0.25, -0.2) is 14.4 Å². The summed E-state index contributed by atoms with van der Waals surface area (Å²) in [6.07, 6.45) is 3.57. The van der Waals surface area contributed by atoms with Gasteiger partial charge in [0, 0.05) is 34.5 Å². The van der Waals surface area contributed by atoms with Crippen LogP contribution in [-0.4, -0.2) is 27.2 Å². The summed E-state index contributed by atoms with van der Waals surface area (Å²) in [5.74, 6) is -0.0933. The molecule has 0 spiro atoms. The molecule has 0 bridgehead atoms. The SMILES string of the molecule is O=c1c2sc3ncccc3c2nc(SCc2c(F)cccc2Cl)n1C[C@@H]1CCCO1. The van der Waals surface area contributed by atoms with Gasteiger partial charge in [0.05, 0.1) is 18.2 Å². The topological polar surface area (TPSA) is 57.0 Å². The van der Waals surface area contributed by atoms with E-state index in [9.17, 15) is 9.18 Å². The summed E-state index contributed by atoms with van der Waals surface area (Å²) in [6.45, 7) is 1.13. The Hall–Kier alpha value is -2.00. The Bertz CT molecular complexity index is 1280. The van der Waals surface area contributed by atoms with Crippen LogP contribution in [0.1, 0.15) is 18.4 Å². The fourth-order valence-corrected chi connectivity index (χ4v) is 5.99. The molecule has 1 aromatic carbocycles. The highest BCUT2D eigenvalue weighted by molar-refractivity contribution is 7.98. The van der Waals surface area contributed by atoms with Crippen molar-refractivity contribution in [3.63, 3.8) is 0 Å². The van der Waals surface area contributed by atoms with Gasteiger partial charge in [-0.1, -0.05) is 29.4 Å². The van der Waals surface area contributed by atoms with Crippen molar-refractivity contribution < 1.29 is 9.13 Å². The number of nitrogens with zero attached hydrogens (tertiary/aromatic N) is 3. The van der Waals surface area contributed by atoms with E-state index in [2.05, 4.69) is 4.98 Å². The molecule has 0 aliphatic carbocycles. The molecule has 1 aliphatic rings. The third-order valence-electron chi connectivity index (χ3n) is 5.14. The average Bonchev–Trinajstić information content (AvgIpc) is 3.38. The van der Waals surface area contributed by atoms with Gasteiger partial charge in [0.15, 0.2) is 5.16 Å². The summed E-state index contributed by atoms with van der Waals surface area (Å²) in [6, 6.07) is 8.37. The molecule has 0 amide bonds. The van der Waals surface area contributed by atoms with E-state index in [1.165, 1.54) is 29.2 Å². The molecule has 154 valence electrons. The fourth-order valence-electron chi connectivity index (χ4n) is 3.61. The van der Waals surface area contributed by atoms with Crippen molar-refractivity contribution in [2.45, 2.75) is 36.4 Å². The first-order valence-corrected chi connectivity index (χ1v) is 11.7. The number of halogens is 2. The summed E-state index contributed by atoms with van der Waals surface area (Å²) in [5, 5.41) is 1.75. The van der Waals surface area contributed by atoms with Crippen molar-refractivity contribution in [1.82, 2.24) is 14.5 Å². The molecule has 5 nitrogen and oxygen atoms in total. The van der Waals surface area contributed by atoms with Crippen LogP contribution in [0.5, 0.6) is 0 Å². The Balaban J connectivity index is 1.61. The van der Waals surface area contributed by atoms with Crippen molar-refractivity contribution in [1.29, 1.82) is 0 Å². The van der Waals surface area contributed by atoms with Crippen LogP contribution in [0.25, 0.3) is 20.4 Å². The van der Waals surface area contributed by atoms with E-state index >= 15 is 0 Å². The second kappa shape index (κ2) is 8.26. The maximum absolute atomic E-state index is 14.3. The zero-order valence-electron chi connectivity index (χ0n) is 15.8. The number of hydrogen-bond donors (Lipinski definition) is 0. The van der Waals surface area contributed by atoms with Gasteiger partial charge in [0.25, 0.3) is 5.56 Å². The first-order valence-electron chi connectivity index (χ1n) is 9.57. The van der Waals surface area contributed by atoms with Gasteiger partial charge >= 0.3 is 0 Å². The van der Waals surface area contributed by atoms with Crippen molar-refractivity contribution >= 4 is 55.1 Å². The molecule has 0 unspecified atom stereocenters. The Morgan fingerprint density at radius 1 is 1.33 bits per heavy atom. The standard InChI is InChI=1S/C21H17ClFN3O2S2/c22-15-6-1-7-16(23)14(15)11-29-21-25-17-13-5-2-8-24-19(13)30-18(17)20(27)26(21)10-12-4-3-9-28-12/h1-2,5-8,12H,3-4,9-11H2/t12-/m0/s1. The summed E-state index contributed by atoms with van der Waals surface area (Å²) in [4.78, 5) is 23.4. The zero-order chi connectivity index (χ0) is 20.7. The van der Waals surface area contributed by atoms with E-state index in [0.29, 0.717) is 39.1 Å². The number of ether oxygens (including phenoxy) is 1. The molecule has 9 heteroatoms. The number of pyridine rings is 1. The Morgan fingerprint density at radius 2 is 2.23 bits per heavy atom. The lowest BCUT2D eigenvalue weighted by Crippen LogP contribution is -2.28. The normalized spacial score (nSPS) is 16.7. The third kappa shape index (κ3) is 3.62. The van der Waals surface area contributed by atoms with Crippen molar-refractivity contribution in [2.24, 2.45) is 0 Å². The summed E-state index contributed by atoms with van der Waals surface area (Å²) in [7, 11) is 0. The minimum Gasteiger partial charge on any atom is -0.376 e. The second-order valence-corrected chi connectivity index (χ2v) is 9.42. The fraction of sp³-hybridized carbons (Fsp3) is 0.286. The van der Waals surface area contributed by atoms with Crippen LogP contribution in [0.2, 0.25) is 5.02 Å². The highest BCUT2D eigenvalue weighted by Gasteiger charge is 2.22. The molecule has 1 saturated heterocycles. The predicted octanol–water partition coefficient (Wildman–Crippen LogP) is 5.27. The van der Waals surface area contributed by atoms with Gasteiger partial charge in [-0.05, 0) is 37.1 Å². The number of rotatable bonds is 5. The van der Waals surface area contributed by atoms with Crippen molar-refractivity contribution in [3.05, 3.63) is 63.3 Å². The highest BCUT2D eigenvalue weighted by Crippen LogP contribution is 2.33. The Morgan fingerprint density at radius 3 is 3.03 bits per heavy atom. The molecule has 0 N–H and O–H groups in total. The molecule has 0 radical (unpaired) electrons. The molecule has 1 aliphatic heterocycles. The monoisotopic (exact) mass is 461 g/mol. The third-order valence-corrected chi connectivity index (χ3v) is 7.58. The number of hydrogen-bond acceptors (Lipinski definition) is 6. The van der Waals surface area contributed by atoms with Crippen LogP contribution in [-0.2, 0) is 17.0 Å². The molecular weight excluding hydrogens is 445 g/mol. The van der Waals surface area contributed by atoms with Gasteiger partial charge in [-0.15, -0.1) is 11.3 Å². The maximum Gasteiger partial charge on any atom is 0.272 e. The van der Waals surface area contributed by atoms with Gasteiger partial charge < -0.3 is 4.74 Å². The molecular formula is C21H17ClFN3O2S2. The molecule has 5 rings (SSSR count). The molecule has 4 aromatic rings. The smallest absolute Gasteiger partial charge is 0.272 e.